The summed E-state index contributed by atoms with van der Waals surface area (Å²) in [6.45, 7) is 0. The molecule has 0 aliphatic heterocycles. The van der Waals surface area contributed by atoms with Gasteiger partial charge in [-0.05, 0) is 48.5 Å². The van der Waals surface area contributed by atoms with Gasteiger partial charge in [0.25, 0.3) is 0 Å². The van der Waals surface area contributed by atoms with Gasteiger partial charge in [-0.15, -0.1) is 0 Å². The second-order valence-corrected chi connectivity index (χ2v) is 7.27. The van der Waals surface area contributed by atoms with E-state index in [1.165, 1.54) is 0 Å². The van der Waals surface area contributed by atoms with E-state index in [-0.39, 0.29) is 5.75 Å². The van der Waals surface area contributed by atoms with Crippen molar-refractivity contribution >= 4 is 10.3 Å². The van der Waals surface area contributed by atoms with Crippen molar-refractivity contribution in [2.75, 3.05) is 0 Å². The number of hydrogen-bond donors (Lipinski definition) is 2. The molecule has 0 unspecified atom stereocenters. The van der Waals surface area contributed by atoms with Crippen LogP contribution in [-0.4, -0.2) is 9.66 Å². The van der Waals surface area contributed by atoms with Crippen LogP contribution in [0.4, 0.5) is 0 Å². The first kappa shape index (κ1) is 13.7. The minimum atomic E-state index is -2.30. The predicted octanol–water partition coefficient (Wildman–Crippen LogP) is 5.15. The number of rotatable bonds is 3. The topological polar surface area (TPSA) is 40.5 Å². The average molecular weight is 296 g/mol. The molecule has 0 aromatic heterocycles. The molecule has 0 atom stereocenters. The number of benzene rings is 3. The standard InChI is InChI=1S/C18H16O2S/c19-15-11-13-18(14-12-15)21(20,16-7-3-1-4-8-16)17-9-5-2-6-10-17/h1-14,19-20H. The van der Waals surface area contributed by atoms with E-state index in [9.17, 15) is 9.66 Å². The minimum Gasteiger partial charge on any atom is -0.508 e. The first-order chi connectivity index (χ1) is 10.2. The van der Waals surface area contributed by atoms with E-state index in [1.807, 2.05) is 60.7 Å². The van der Waals surface area contributed by atoms with E-state index in [0.717, 1.165) is 14.7 Å². The van der Waals surface area contributed by atoms with Crippen LogP contribution in [0.25, 0.3) is 0 Å². The predicted molar refractivity (Wildman–Crippen MR) is 86.0 cm³/mol. The molecule has 3 aromatic carbocycles. The Morgan fingerprint density at radius 1 is 0.524 bits per heavy atom. The highest BCUT2D eigenvalue weighted by Crippen LogP contribution is 2.65. The molecule has 0 bridgehead atoms. The molecule has 0 aliphatic rings. The Balaban J connectivity index is 2.23. The molecule has 0 heterocycles. The van der Waals surface area contributed by atoms with Crippen LogP contribution in [0.1, 0.15) is 0 Å². The molecule has 106 valence electrons. The first-order valence-electron chi connectivity index (χ1n) is 6.66. The molecule has 0 radical (unpaired) electrons. The Kier molecular flexibility index (Phi) is 3.69. The molecule has 0 aliphatic carbocycles. The van der Waals surface area contributed by atoms with Crippen molar-refractivity contribution in [3.8, 4) is 5.75 Å². The SMILES string of the molecule is Oc1ccc(S(O)(c2ccccc2)c2ccccc2)cc1. The maximum Gasteiger partial charge on any atom is 0.115 e. The molecule has 0 saturated heterocycles. The summed E-state index contributed by atoms with van der Waals surface area (Å²) in [5.41, 5.74) is 0. The van der Waals surface area contributed by atoms with Gasteiger partial charge in [-0.2, -0.15) is 0 Å². The third-order valence-corrected chi connectivity index (χ3v) is 6.21. The van der Waals surface area contributed by atoms with E-state index in [4.69, 9.17) is 0 Å². The summed E-state index contributed by atoms with van der Waals surface area (Å²) in [6.07, 6.45) is 0. The van der Waals surface area contributed by atoms with Gasteiger partial charge in [-0.3, -0.25) is 0 Å². The lowest BCUT2D eigenvalue weighted by molar-refractivity contribution is 0.474. The molecule has 2 N–H and O–H groups in total. The molecular weight excluding hydrogens is 280 g/mol. The Morgan fingerprint density at radius 3 is 1.33 bits per heavy atom. The summed E-state index contributed by atoms with van der Waals surface area (Å²) in [4.78, 5) is 2.56. The zero-order valence-electron chi connectivity index (χ0n) is 11.4. The number of hydrogen-bond acceptors (Lipinski definition) is 2. The van der Waals surface area contributed by atoms with Gasteiger partial charge >= 0.3 is 0 Å². The largest absolute Gasteiger partial charge is 0.508 e. The van der Waals surface area contributed by atoms with Gasteiger partial charge in [0.2, 0.25) is 0 Å². The molecule has 0 amide bonds. The number of aromatic hydroxyl groups is 1. The molecule has 3 heteroatoms. The Hall–Kier alpha value is -2.23. The summed E-state index contributed by atoms with van der Waals surface area (Å²) < 4.78 is 11.5. The first-order valence-corrected chi connectivity index (χ1v) is 8.25. The van der Waals surface area contributed by atoms with Crippen molar-refractivity contribution in [3.63, 3.8) is 0 Å². The highest BCUT2D eigenvalue weighted by Gasteiger charge is 2.27. The number of phenolic OH excluding ortho intramolecular Hbond substituents is 1. The third kappa shape index (κ3) is 2.53. The Morgan fingerprint density at radius 2 is 0.905 bits per heavy atom. The van der Waals surface area contributed by atoms with E-state index in [1.54, 1.807) is 24.3 Å². The fourth-order valence-corrected chi connectivity index (χ4v) is 4.73. The Labute approximate surface area is 125 Å². The minimum absolute atomic E-state index is 0.196. The summed E-state index contributed by atoms with van der Waals surface area (Å²) >= 11 is 0. The van der Waals surface area contributed by atoms with E-state index < -0.39 is 10.3 Å². The van der Waals surface area contributed by atoms with Crippen molar-refractivity contribution in [3.05, 3.63) is 84.9 Å². The van der Waals surface area contributed by atoms with Gasteiger partial charge < -0.3 is 9.66 Å². The average Bonchev–Trinajstić information content (AvgIpc) is 2.56. The van der Waals surface area contributed by atoms with Gasteiger partial charge in [0.15, 0.2) is 0 Å². The summed E-state index contributed by atoms with van der Waals surface area (Å²) in [5.74, 6) is 0.196. The van der Waals surface area contributed by atoms with Gasteiger partial charge in [0.1, 0.15) is 5.75 Å². The van der Waals surface area contributed by atoms with Crippen LogP contribution < -0.4 is 0 Å². The van der Waals surface area contributed by atoms with E-state index in [0.29, 0.717) is 0 Å². The number of phenols is 1. The summed E-state index contributed by atoms with van der Waals surface area (Å²) in [6, 6.07) is 26.1. The highest BCUT2D eigenvalue weighted by atomic mass is 32.3. The molecule has 2 nitrogen and oxygen atoms in total. The normalized spacial score (nSPS) is 12.0. The molecular formula is C18H16O2S. The highest BCUT2D eigenvalue weighted by molar-refractivity contribution is 8.29. The monoisotopic (exact) mass is 296 g/mol. The van der Waals surface area contributed by atoms with Crippen LogP contribution in [0.3, 0.4) is 0 Å². The smallest absolute Gasteiger partial charge is 0.115 e. The lowest BCUT2D eigenvalue weighted by atomic mass is 10.3. The van der Waals surface area contributed by atoms with Crippen molar-refractivity contribution in [2.45, 2.75) is 14.7 Å². The molecule has 0 saturated carbocycles. The molecule has 3 aromatic rings. The zero-order chi connectivity index (χ0) is 14.7. The maximum absolute atomic E-state index is 11.5. The second kappa shape index (κ2) is 5.64. The third-order valence-electron chi connectivity index (χ3n) is 3.35. The second-order valence-electron chi connectivity index (χ2n) is 4.70. The van der Waals surface area contributed by atoms with E-state index in [2.05, 4.69) is 0 Å². The van der Waals surface area contributed by atoms with Crippen LogP contribution in [-0.2, 0) is 0 Å². The van der Waals surface area contributed by atoms with Crippen LogP contribution in [0, 0.1) is 0 Å². The lowest BCUT2D eigenvalue weighted by Crippen LogP contribution is -2.01. The Bertz CT molecular complexity index is 670. The lowest BCUT2D eigenvalue weighted by Gasteiger charge is -2.35. The van der Waals surface area contributed by atoms with Gasteiger partial charge in [-0.1, -0.05) is 46.7 Å². The molecule has 0 fully saturated rings. The van der Waals surface area contributed by atoms with Gasteiger partial charge in [-0.25, -0.2) is 0 Å². The fourth-order valence-electron chi connectivity index (χ4n) is 2.29. The van der Waals surface area contributed by atoms with Crippen molar-refractivity contribution in [1.29, 1.82) is 0 Å². The summed E-state index contributed by atoms with van der Waals surface area (Å²) in [7, 11) is -2.30. The van der Waals surface area contributed by atoms with Crippen LogP contribution in [0.15, 0.2) is 99.6 Å². The molecule has 21 heavy (non-hydrogen) atoms. The quantitative estimate of drug-likeness (QED) is 0.702. The zero-order valence-corrected chi connectivity index (χ0v) is 12.2. The maximum atomic E-state index is 11.5. The van der Waals surface area contributed by atoms with Crippen LogP contribution in [0.2, 0.25) is 0 Å². The van der Waals surface area contributed by atoms with Crippen LogP contribution >= 0.6 is 10.3 Å². The van der Waals surface area contributed by atoms with Crippen molar-refractivity contribution in [2.24, 2.45) is 0 Å². The molecule has 3 rings (SSSR count). The van der Waals surface area contributed by atoms with Crippen molar-refractivity contribution < 1.29 is 9.66 Å². The summed E-state index contributed by atoms with van der Waals surface area (Å²) in [5, 5.41) is 9.49. The van der Waals surface area contributed by atoms with Crippen LogP contribution in [0.5, 0.6) is 5.75 Å². The van der Waals surface area contributed by atoms with Crippen molar-refractivity contribution in [1.82, 2.24) is 0 Å². The fraction of sp³-hybridized carbons (Fsp3) is 0. The van der Waals surface area contributed by atoms with Gasteiger partial charge in [0.05, 0.1) is 0 Å². The van der Waals surface area contributed by atoms with Gasteiger partial charge in [0, 0.05) is 14.7 Å². The molecule has 0 spiro atoms. The van der Waals surface area contributed by atoms with E-state index >= 15 is 0 Å².